The Morgan fingerprint density at radius 2 is 2.27 bits per heavy atom. The molecule has 0 bridgehead atoms. The number of hydrogen-bond acceptors (Lipinski definition) is 2. The number of rotatable bonds is 4. The van der Waals surface area contributed by atoms with Gasteiger partial charge in [0.25, 0.3) is 0 Å². The Balaban J connectivity index is 2.29. The van der Waals surface area contributed by atoms with Gasteiger partial charge in [-0.25, -0.2) is 0 Å². The quantitative estimate of drug-likeness (QED) is 0.620. The second-order valence-corrected chi connectivity index (χ2v) is 3.06. The highest BCUT2D eigenvalue weighted by Gasteiger charge is 2.39. The summed E-state index contributed by atoms with van der Waals surface area (Å²) < 4.78 is 5.39. The van der Waals surface area contributed by atoms with Gasteiger partial charge in [0.1, 0.15) is 5.78 Å². The summed E-state index contributed by atoms with van der Waals surface area (Å²) in [6.07, 6.45) is 2.98. The smallest absolute Gasteiger partial charge is 0.141 e. The Bertz CT molecular complexity index is 142. The summed E-state index contributed by atoms with van der Waals surface area (Å²) in [5, 5.41) is 0. The van der Waals surface area contributed by atoms with Gasteiger partial charge in [-0.2, -0.15) is 0 Å². The van der Waals surface area contributed by atoms with E-state index >= 15 is 0 Å². The molecule has 0 amide bonds. The lowest BCUT2D eigenvalue weighted by atomic mass is 9.77. The maximum atomic E-state index is 11.0. The summed E-state index contributed by atoms with van der Waals surface area (Å²) in [6, 6.07) is 0. The third-order valence-electron chi connectivity index (χ3n) is 2.25. The first-order chi connectivity index (χ1) is 5.29. The van der Waals surface area contributed by atoms with Crippen LogP contribution in [-0.4, -0.2) is 18.5 Å². The number of ether oxygens (including phenoxy) is 1. The van der Waals surface area contributed by atoms with Gasteiger partial charge in [0, 0.05) is 18.9 Å². The summed E-state index contributed by atoms with van der Waals surface area (Å²) in [5.74, 6) is 0.616. The Morgan fingerprint density at radius 3 is 2.73 bits per heavy atom. The minimum Gasteiger partial charge on any atom is -0.377 e. The molecule has 0 aromatic rings. The van der Waals surface area contributed by atoms with Gasteiger partial charge >= 0.3 is 0 Å². The second-order valence-electron chi connectivity index (χ2n) is 3.06. The molecule has 11 heavy (non-hydrogen) atoms. The Kier molecular flexibility index (Phi) is 3.06. The molecule has 0 heterocycles. The maximum absolute atomic E-state index is 11.0. The SMILES string of the molecule is CCCC1C(=O)CC1OCC. The van der Waals surface area contributed by atoms with Gasteiger partial charge in [0.15, 0.2) is 0 Å². The topological polar surface area (TPSA) is 26.3 Å². The van der Waals surface area contributed by atoms with Crippen LogP contribution in [-0.2, 0) is 9.53 Å². The highest BCUT2D eigenvalue weighted by atomic mass is 16.5. The fourth-order valence-corrected chi connectivity index (χ4v) is 1.59. The van der Waals surface area contributed by atoms with Crippen molar-refractivity contribution in [3.63, 3.8) is 0 Å². The average Bonchev–Trinajstić information content (AvgIpc) is 2.00. The predicted octanol–water partition coefficient (Wildman–Crippen LogP) is 1.78. The lowest BCUT2D eigenvalue weighted by molar-refractivity contribution is -0.145. The van der Waals surface area contributed by atoms with Crippen molar-refractivity contribution in [2.75, 3.05) is 6.61 Å². The summed E-state index contributed by atoms with van der Waals surface area (Å²) in [6.45, 7) is 4.82. The summed E-state index contributed by atoms with van der Waals surface area (Å²) >= 11 is 0. The zero-order valence-corrected chi connectivity index (χ0v) is 7.30. The van der Waals surface area contributed by atoms with Gasteiger partial charge < -0.3 is 4.74 Å². The van der Waals surface area contributed by atoms with Gasteiger partial charge in [-0.3, -0.25) is 4.79 Å². The van der Waals surface area contributed by atoms with Crippen molar-refractivity contribution in [3.8, 4) is 0 Å². The van der Waals surface area contributed by atoms with Crippen LogP contribution in [0.1, 0.15) is 33.1 Å². The first-order valence-electron chi connectivity index (χ1n) is 4.43. The molecule has 0 radical (unpaired) electrons. The number of hydrogen-bond donors (Lipinski definition) is 0. The van der Waals surface area contributed by atoms with Crippen LogP contribution < -0.4 is 0 Å². The van der Waals surface area contributed by atoms with Crippen LogP contribution in [0.3, 0.4) is 0 Å². The van der Waals surface area contributed by atoms with E-state index < -0.39 is 0 Å². The summed E-state index contributed by atoms with van der Waals surface area (Å²) in [5.41, 5.74) is 0. The monoisotopic (exact) mass is 156 g/mol. The number of carbonyl (C=O) groups excluding carboxylic acids is 1. The minimum atomic E-state index is 0.222. The third kappa shape index (κ3) is 1.80. The standard InChI is InChI=1S/C9H16O2/c1-3-5-7-8(10)6-9(7)11-4-2/h7,9H,3-6H2,1-2H3. The van der Waals surface area contributed by atoms with Crippen LogP contribution >= 0.6 is 0 Å². The summed E-state index contributed by atoms with van der Waals surface area (Å²) in [7, 11) is 0. The van der Waals surface area contributed by atoms with Crippen LogP contribution in [0.25, 0.3) is 0 Å². The van der Waals surface area contributed by atoms with E-state index in [4.69, 9.17) is 4.74 Å². The van der Waals surface area contributed by atoms with Crippen molar-refractivity contribution in [1.82, 2.24) is 0 Å². The average molecular weight is 156 g/mol. The van der Waals surface area contributed by atoms with E-state index in [1.54, 1.807) is 0 Å². The number of ketones is 1. The molecule has 1 aliphatic carbocycles. The molecule has 2 nitrogen and oxygen atoms in total. The van der Waals surface area contributed by atoms with Gasteiger partial charge in [0.05, 0.1) is 6.10 Å². The van der Waals surface area contributed by atoms with E-state index in [-0.39, 0.29) is 12.0 Å². The molecule has 1 aliphatic rings. The van der Waals surface area contributed by atoms with Crippen LogP contribution in [0.15, 0.2) is 0 Å². The zero-order chi connectivity index (χ0) is 8.27. The minimum absolute atomic E-state index is 0.222. The van der Waals surface area contributed by atoms with E-state index in [0.717, 1.165) is 19.4 Å². The normalized spacial score (nSPS) is 30.2. The van der Waals surface area contributed by atoms with Gasteiger partial charge in [-0.05, 0) is 13.3 Å². The lowest BCUT2D eigenvalue weighted by Crippen LogP contribution is -2.43. The molecule has 2 unspecified atom stereocenters. The first kappa shape index (κ1) is 8.72. The molecular weight excluding hydrogens is 140 g/mol. The molecule has 0 aliphatic heterocycles. The Hall–Kier alpha value is -0.370. The van der Waals surface area contributed by atoms with E-state index in [9.17, 15) is 4.79 Å². The largest absolute Gasteiger partial charge is 0.377 e. The number of Topliss-reactive ketones (excluding diaryl/α,β-unsaturated/α-hetero) is 1. The van der Waals surface area contributed by atoms with E-state index in [2.05, 4.69) is 6.92 Å². The van der Waals surface area contributed by atoms with E-state index in [0.29, 0.717) is 12.2 Å². The van der Waals surface area contributed by atoms with Crippen LogP contribution in [0, 0.1) is 5.92 Å². The molecule has 0 spiro atoms. The molecule has 2 atom stereocenters. The zero-order valence-electron chi connectivity index (χ0n) is 7.30. The first-order valence-corrected chi connectivity index (χ1v) is 4.43. The molecule has 2 heteroatoms. The van der Waals surface area contributed by atoms with E-state index in [1.807, 2.05) is 6.92 Å². The van der Waals surface area contributed by atoms with Crippen molar-refractivity contribution in [2.45, 2.75) is 39.2 Å². The molecule has 0 aromatic heterocycles. The van der Waals surface area contributed by atoms with E-state index in [1.165, 1.54) is 0 Å². The Labute approximate surface area is 67.9 Å². The molecular formula is C9H16O2. The Morgan fingerprint density at radius 1 is 1.55 bits per heavy atom. The van der Waals surface area contributed by atoms with Crippen molar-refractivity contribution < 1.29 is 9.53 Å². The fraction of sp³-hybridized carbons (Fsp3) is 0.889. The molecule has 0 aromatic carbocycles. The lowest BCUT2D eigenvalue weighted by Gasteiger charge is -2.34. The molecule has 1 fully saturated rings. The van der Waals surface area contributed by atoms with Gasteiger partial charge in [0.2, 0.25) is 0 Å². The van der Waals surface area contributed by atoms with Crippen molar-refractivity contribution in [3.05, 3.63) is 0 Å². The van der Waals surface area contributed by atoms with Gasteiger partial charge in [-0.1, -0.05) is 13.3 Å². The van der Waals surface area contributed by atoms with Crippen LogP contribution in [0.5, 0.6) is 0 Å². The molecule has 1 saturated carbocycles. The molecule has 64 valence electrons. The highest BCUT2D eigenvalue weighted by Crippen LogP contribution is 2.30. The predicted molar refractivity (Wildman–Crippen MR) is 43.4 cm³/mol. The fourth-order valence-electron chi connectivity index (χ4n) is 1.59. The third-order valence-corrected chi connectivity index (χ3v) is 2.25. The van der Waals surface area contributed by atoms with Gasteiger partial charge in [-0.15, -0.1) is 0 Å². The molecule has 0 N–H and O–H groups in total. The van der Waals surface area contributed by atoms with Crippen LogP contribution in [0.2, 0.25) is 0 Å². The summed E-state index contributed by atoms with van der Waals surface area (Å²) in [4.78, 5) is 11.0. The van der Waals surface area contributed by atoms with Crippen molar-refractivity contribution in [1.29, 1.82) is 0 Å². The second kappa shape index (κ2) is 3.86. The molecule has 0 saturated heterocycles. The van der Waals surface area contributed by atoms with Crippen LogP contribution in [0.4, 0.5) is 0 Å². The number of carbonyl (C=O) groups is 1. The van der Waals surface area contributed by atoms with Crippen molar-refractivity contribution in [2.24, 2.45) is 5.92 Å². The molecule has 1 rings (SSSR count). The highest BCUT2D eigenvalue weighted by molar-refractivity contribution is 5.88. The maximum Gasteiger partial charge on any atom is 0.141 e. The van der Waals surface area contributed by atoms with Crippen molar-refractivity contribution >= 4 is 5.78 Å².